The number of rotatable bonds is 6. The average Bonchev–Trinajstić information content (AvgIpc) is 2.71. The Hall–Kier alpha value is -3.26. The molecule has 0 aliphatic heterocycles. The van der Waals surface area contributed by atoms with Gasteiger partial charge in [-0.15, -0.1) is 0 Å². The predicted molar refractivity (Wildman–Crippen MR) is 122 cm³/mol. The Morgan fingerprint density at radius 1 is 1.10 bits per heavy atom. The number of ether oxygens (including phenoxy) is 1. The summed E-state index contributed by atoms with van der Waals surface area (Å²) in [6.07, 6.45) is 1.67. The summed E-state index contributed by atoms with van der Waals surface area (Å²) in [5.41, 5.74) is 3.34. The Morgan fingerprint density at radius 2 is 1.90 bits per heavy atom. The van der Waals surface area contributed by atoms with Crippen molar-refractivity contribution >= 4 is 46.4 Å². The van der Waals surface area contributed by atoms with Crippen LogP contribution in [-0.2, 0) is 4.79 Å². The molecule has 0 aromatic heterocycles. The molecule has 0 saturated heterocycles. The first-order valence-corrected chi connectivity index (χ1v) is 9.87. The number of hydrogen-bond donors (Lipinski definition) is 1. The number of nitrogens with one attached hydrogen (secondary N) is 1. The zero-order chi connectivity index (χ0) is 21.5. The van der Waals surface area contributed by atoms with Gasteiger partial charge >= 0.3 is 0 Å². The van der Waals surface area contributed by atoms with Gasteiger partial charge < -0.3 is 10.1 Å². The van der Waals surface area contributed by atoms with Gasteiger partial charge in [-0.05, 0) is 48.9 Å². The van der Waals surface area contributed by atoms with Crippen molar-refractivity contribution in [2.75, 3.05) is 11.9 Å². The van der Waals surface area contributed by atoms with Crippen molar-refractivity contribution in [1.82, 2.24) is 0 Å². The fourth-order valence-corrected chi connectivity index (χ4v) is 3.34. The second-order valence-corrected chi connectivity index (χ2v) is 7.38. The molecule has 0 fully saturated rings. The third-order valence-electron chi connectivity index (χ3n) is 4.22. The molecule has 3 aromatic rings. The summed E-state index contributed by atoms with van der Waals surface area (Å²) in [5, 5.41) is 13.3. The minimum Gasteiger partial charge on any atom is -0.483 e. The van der Waals surface area contributed by atoms with Gasteiger partial charge in [-0.3, -0.25) is 4.79 Å². The Labute approximate surface area is 185 Å². The van der Waals surface area contributed by atoms with Crippen LogP contribution in [0.3, 0.4) is 0 Å². The van der Waals surface area contributed by atoms with Crippen LogP contribution in [0.25, 0.3) is 11.6 Å². The minimum absolute atomic E-state index is 0.164. The molecule has 0 atom stereocenters. The highest BCUT2D eigenvalue weighted by Gasteiger charge is 2.10. The number of halogens is 2. The molecular formula is C24H18Cl2N2O2. The SMILES string of the molecule is Cc1cccc(NC(=O)COc2ccccc2/C=C(\C#N)c2ccc(Cl)cc2Cl)c1. The van der Waals surface area contributed by atoms with Gasteiger partial charge in [0.25, 0.3) is 5.91 Å². The van der Waals surface area contributed by atoms with Crippen molar-refractivity contribution in [2.45, 2.75) is 6.92 Å². The van der Waals surface area contributed by atoms with Gasteiger partial charge in [0.15, 0.2) is 6.61 Å². The van der Waals surface area contributed by atoms with Crippen LogP contribution < -0.4 is 10.1 Å². The van der Waals surface area contributed by atoms with E-state index in [-0.39, 0.29) is 12.5 Å². The third kappa shape index (κ3) is 5.64. The van der Waals surface area contributed by atoms with Gasteiger partial charge in [-0.1, -0.05) is 59.6 Å². The van der Waals surface area contributed by atoms with E-state index in [1.54, 1.807) is 42.5 Å². The fourth-order valence-electron chi connectivity index (χ4n) is 2.83. The Balaban J connectivity index is 1.77. The van der Waals surface area contributed by atoms with Crippen molar-refractivity contribution in [2.24, 2.45) is 0 Å². The van der Waals surface area contributed by atoms with Crippen molar-refractivity contribution in [3.63, 3.8) is 0 Å². The number of allylic oxidation sites excluding steroid dienone is 1. The zero-order valence-electron chi connectivity index (χ0n) is 16.2. The van der Waals surface area contributed by atoms with E-state index >= 15 is 0 Å². The highest BCUT2D eigenvalue weighted by molar-refractivity contribution is 6.36. The molecule has 1 amide bonds. The molecule has 0 aliphatic carbocycles. The van der Waals surface area contributed by atoms with Gasteiger partial charge in [0.1, 0.15) is 5.75 Å². The van der Waals surface area contributed by atoms with Crippen LogP contribution in [0.4, 0.5) is 5.69 Å². The van der Waals surface area contributed by atoms with E-state index in [9.17, 15) is 10.1 Å². The molecule has 0 heterocycles. The molecule has 0 aliphatic rings. The summed E-state index contributed by atoms with van der Waals surface area (Å²) in [7, 11) is 0. The second kappa shape index (κ2) is 9.98. The lowest BCUT2D eigenvalue weighted by Crippen LogP contribution is -2.20. The topological polar surface area (TPSA) is 62.1 Å². The molecular weight excluding hydrogens is 419 g/mol. The molecule has 6 heteroatoms. The standard InChI is InChI=1S/C24H18Cl2N2O2/c1-16-5-4-7-20(11-16)28-24(29)15-30-23-8-3-2-6-17(23)12-18(14-27)21-10-9-19(25)13-22(21)26/h2-13H,15H2,1H3,(H,28,29)/b18-12+. The summed E-state index contributed by atoms with van der Waals surface area (Å²) < 4.78 is 5.71. The minimum atomic E-state index is -0.277. The molecule has 3 rings (SSSR count). The van der Waals surface area contributed by atoms with E-state index in [2.05, 4.69) is 11.4 Å². The number of anilines is 1. The lowest BCUT2D eigenvalue weighted by atomic mass is 10.0. The first-order chi connectivity index (χ1) is 14.5. The van der Waals surface area contributed by atoms with E-state index in [0.29, 0.717) is 38.2 Å². The van der Waals surface area contributed by atoms with Gasteiger partial charge in [-0.2, -0.15) is 5.26 Å². The number of nitrogens with zero attached hydrogens (tertiary/aromatic N) is 1. The van der Waals surface area contributed by atoms with Crippen molar-refractivity contribution in [3.05, 3.63) is 93.5 Å². The molecule has 30 heavy (non-hydrogen) atoms. The lowest BCUT2D eigenvalue weighted by Gasteiger charge is -2.11. The number of nitriles is 1. The molecule has 1 N–H and O–H groups in total. The smallest absolute Gasteiger partial charge is 0.262 e. The highest BCUT2D eigenvalue weighted by Crippen LogP contribution is 2.30. The lowest BCUT2D eigenvalue weighted by molar-refractivity contribution is -0.118. The maximum atomic E-state index is 12.3. The maximum Gasteiger partial charge on any atom is 0.262 e. The number of hydrogen-bond acceptors (Lipinski definition) is 3. The van der Waals surface area contributed by atoms with E-state index in [1.165, 1.54) is 0 Å². The van der Waals surface area contributed by atoms with E-state index < -0.39 is 0 Å². The molecule has 0 unspecified atom stereocenters. The number of para-hydroxylation sites is 1. The molecule has 0 radical (unpaired) electrons. The van der Waals surface area contributed by atoms with Gasteiger partial charge in [0.05, 0.1) is 16.7 Å². The van der Waals surface area contributed by atoms with Gasteiger partial charge in [-0.25, -0.2) is 0 Å². The van der Waals surface area contributed by atoms with Crippen LogP contribution in [-0.4, -0.2) is 12.5 Å². The van der Waals surface area contributed by atoms with Crippen LogP contribution >= 0.6 is 23.2 Å². The number of carbonyl (C=O) groups is 1. The largest absolute Gasteiger partial charge is 0.483 e. The molecule has 0 saturated carbocycles. The zero-order valence-corrected chi connectivity index (χ0v) is 17.7. The number of amides is 1. The summed E-state index contributed by atoms with van der Waals surface area (Å²) in [5.74, 6) is 0.204. The summed E-state index contributed by atoms with van der Waals surface area (Å²) in [4.78, 5) is 12.3. The van der Waals surface area contributed by atoms with Crippen LogP contribution in [0.15, 0.2) is 66.7 Å². The fraction of sp³-hybridized carbons (Fsp3) is 0.0833. The number of carbonyl (C=O) groups excluding carboxylic acids is 1. The number of aryl methyl sites for hydroxylation is 1. The maximum absolute atomic E-state index is 12.3. The highest BCUT2D eigenvalue weighted by atomic mass is 35.5. The molecule has 3 aromatic carbocycles. The molecule has 150 valence electrons. The normalized spacial score (nSPS) is 10.9. The molecule has 0 spiro atoms. The Bertz CT molecular complexity index is 1150. The first-order valence-electron chi connectivity index (χ1n) is 9.12. The van der Waals surface area contributed by atoms with Crippen LogP contribution in [0.5, 0.6) is 5.75 Å². The summed E-state index contributed by atoms with van der Waals surface area (Å²) >= 11 is 12.2. The van der Waals surface area contributed by atoms with E-state index in [4.69, 9.17) is 27.9 Å². The van der Waals surface area contributed by atoms with Crippen LogP contribution in [0.2, 0.25) is 10.0 Å². The quantitative estimate of drug-likeness (QED) is 0.359. The third-order valence-corrected chi connectivity index (χ3v) is 4.77. The van der Waals surface area contributed by atoms with E-state index in [1.807, 2.05) is 37.3 Å². The predicted octanol–water partition coefficient (Wildman–Crippen LogP) is 6.38. The van der Waals surface area contributed by atoms with Crippen molar-refractivity contribution in [1.29, 1.82) is 5.26 Å². The second-order valence-electron chi connectivity index (χ2n) is 6.54. The molecule has 4 nitrogen and oxygen atoms in total. The van der Waals surface area contributed by atoms with Crippen LogP contribution in [0, 0.1) is 18.3 Å². The summed E-state index contributed by atoms with van der Waals surface area (Å²) in [6.45, 7) is 1.79. The van der Waals surface area contributed by atoms with Crippen molar-refractivity contribution in [3.8, 4) is 11.8 Å². The van der Waals surface area contributed by atoms with Crippen molar-refractivity contribution < 1.29 is 9.53 Å². The molecule has 0 bridgehead atoms. The first kappa shape index (κ1) is 21.4. The average molecular weight is 437 g/mol. The van der Waals surface area contributed by atoms with Gasteiger partial charge in [0, 0.05) is 21.8 Å². The Morgan fingerprint density at radius 3 is 2.63 bits per heavy atom. The van der Waals surface area contributed by atoms with E-state index in [0.717, 1.165) is 5.56 Å². The van der Waals surface area contributed by atoms with Gasteiger partial charge in [0.2, 0.25) is 0 Å². The van der Waals surface area contributed by atoms with Crippen LogP contribution in [0.1, 0.15) is 16.7 Å². The Kier molecular flexibility index (Phi) is 7.13. The summed E-state index contributed by atoms with van der Waals surface area (Å²) in [6, 6.07) is 21.8. The number of benzene rings is 3. The monoisotopic (exact) mass is 436 g/mol.